The molecule has 1 aromatic carbocycles. The van der Waals surface area contributed by atoms with Crippen molar-refractivity contribution in [1.29, 1.82) is 0 Å². The molecule has 1 rings (SSSR count). The predicted octanol–water partition coefficient (Wildman–Crippen LogP) is 2.13. The van der Waals surface area contributed by atoms with E-state index in [4.69, 9.17) is 5.11 Å². The van der Waals surface area contributed by atoms with Gasteiger partial charge in [-0.1, -0.05) is 12.1 Å². The van der Waals surface area contributed by atoms with Crippen LogP contribution in [0.15, 0.2) is 24.3 Å². The molecule has 2 unspecified atom stereocenters. The van der Waals surface area contributed by atoms with Crippen LogP contribution in [0.1, 0.15) is 24.2 Å². The summed E-state index contributed by atoms with van der Waals surface area (Å²) in [6, 6.07) is 4.87. The van der Waals surface area contributed by atoms with Crippen LogP contribution < -0.4 is 10.1 Å². The monoisotopic (exact) mass is 287 g/mol. The molecule has 1 amide bonds. The van der Waals surface area contributed by atoms with E-state index < -0.39 is 30.4 Å². The molecule has 0 spiro atoms. The summed E-state index contributed by atoms with van der Waals surface area (Å²) >= 11 is 0. The lowest BCUT2D eigenvalue weighted by atomic mass is 10.0. The molecule has 0 bridgehead atoms. The summed E-state index contributed by atoms with van der Waals surface area (Å²) in [6.07, 6.45) is 0. The predicted molar refractivity (Wildman–Crippen MR) is 66.8 cm³/mol. The number of carboxylic acids is 1. The molecule has 0 aromatic heterocycles. The molecule has 5 nitrogen and oxygen atoms in total. The Kier molecular flexibility index (Phi) is 5.42. The van der Waals surface area contributed by atoms with Crippen LogP contribution in [0, 0.1) is 5.92 Å². The Hall–Kier alpha value is -2.18. The van der Waals surface area contributed by atoms with E-state index in [1.165, 1.54) is 38.1 Å². The van der Waals surface area contributed by atoms with E-state index in [1.54, 1.807) is 0 Å². The van der Waals surface area contributed by atoms with E-state index in [-0.39, 0.29) is 11.3 Å². The number of halogens is 2. The second kappa shape index (κ2) is 6.83. The first-order valence-electron chi connectivity index (χ1n) is 5.90. The first kappa shape index (κ1) is 15.9. The third-order valence-electron chi connectivity index (χ3n) is 2.85. The Bertz CT molecular complexity index is 493. The molecule has 0 heterocycles. The number of para-hydroxylation sites is 1. The maximum absolute atomic E-state index is 12.2. The molecule has 0 aliphatic rings. The zero-order valence-corrected chi connectivity index (χ0v) is 11.0. The summed E-state index contributed by atoms with van der Waals surface area (Å²) in [5, 5.41) is 11.3. The summed E-state index contributed by atoms with van der Waals surface area (Å²) in [4.78, 5) is 22.8. The fourth-order valence-electron chi connectivity index (χ4n) is 1.48. The number of ether oxygens (including phenoxy) is 1. The normalized spacial score (nSPS) is 13.7. The molecule has 2 atom stereocenters. The van der Waals surface area contributed by atoms with E-state index in [1.807, 2.05) is 0 Å². The quantitative estimate of drug-likeness (QED) is 0.840. The lowest BCUT2D eigenvalue weighted by Crippen LogP contribution is -2.40. The summed E-state index contributed by atoms with van der Waals surface area (Å²) in [7, 11) is 0. The maximum Gasteiger partial charge on any atom is 0.387 e. The lowest BCUT2D eigenvalue weighted by Gasteiger charge is -2.18. The van der Waals surface area contributed by atoms with Crippen molar-refractivity contribution < 1.29 is 28.2 Å². The van der Waals surface area contributed by atoms with Gasteiger partial charge < -0.3 is 15.2 Å². The van der Waals surface area contributed by atoms with Gasteiger partial charge in [-0.25, -0.2) is 0 Å². The molecule has 1 aromatic rings. The van der Waals surface area contributed by atoms with E-state index in [9.17, 15) is 18.4 Å². The average molecular weight is 287 g/mol. The molecule has 0 aliphatic carbocycles. The molecule has 0 fully saturated rings. The maximum atomic E-state index is 12.2. The summed E-state index contributed by atoms with van der Waals surface area (Å²) in [6.45, 7) is -0.0819. The minimum atomic E-state index is -3.04. The van der Waals surface area contributed by atoms with Gasteiger partial charge in [0.2, 0.25) is 0 Å². The number of carbonyl (C=O) groups is 2. The summed E-state index contributed by atoms with van der Waals surface area (Å²) < 4.78 is 28.7. The Morgan fingerprint density at radius 3 is 2.40 bits per heavy atom. The fraction of sp³-hybridized carbons (Fsp3) is 0.385. The van der Waals surface area contributed by atoms with Crippen molar-refractivity contribution in [3.8, 4) is 5.75 Å². The number of alkyl halides is 2. The van der Waals surface area contributed by atoms with Crippen LogP contribution in [-0.2, 0) is 4.79 Å². The Labute approximate surface area is 114 Å². The van der Waals surface area contributed by atoms with Crippen molar-refractivity contribution in [3.05, 3.63) is 29.8 Å². The third-order valence-corrected chi connectivity index (χ3v) is 2.85. The van der Waals surface area contributed by atoms with Gasteiger partial charge in [-0.3, -0.25) is 9.59 Å². The van der Waals surface area contributed by atoms with Gasteiger partial charge in [0, 0.05) is 6.04 Å². The van der Waals surface area contributed by atoms with Gasteiger partial charge in [0.15, 0.2) is 0 Å². The van der Waals surface area contributed by atoms with Crippen LogP contribution in [0.2, 0.25) is 0 Å². The topological polar surface area (TPSA) is 75.6 Å². The minimum Gasteiger partial charge on any atom is -0.481 e. The highest BCUT2D eigenvalue weighted by Gasteiger charge is 2.23. The second-order valence-electron chi connectivity index (χ2n) is 4.26. The van der Waals surface area contributed by atoms with E-state index in [2.05, 4.69) is 10.1 Å². The minimum absolute atomic E-state index is 0.0720. The molecule has 0 saturated heterocycles. The van der Waals surface area contributed by atoms with Crippen LogP contribution in [-0.4, -0.2) is 29.6 Å². The standard InChI is InChI=1S/C13H15F2NO4/c1-7(12(18)19)8(2)16-11(17)9-5-3-4-6-10(9)20-13(14)15/h3-8,13H,1-2H3,(H,16,17)(H,18,19). The largest absolute Gasteiger partial charge is 0.481 e. The molecule has 2 N–H and O–H groups in total. The molecule has 20 heavy (non-hydrogen) atoms. The van der Waals surface area contributed by atoms with Crippen molar-refractivity contribution in [2.24, 2.45) is 5.92 Å². The Morgan fingerprint density at radius 2 is 1.85 bits per heavy atom. The number of nitrogens with one attached hydrogen (secondary N) is 1. The van der Waals surface area contributed by atoms with E-state index >= 15 is 0 Å². The molecular weight excluding hydrogens is 272 g/mol. The van der Waals surface area contributed by atoms with Gasteiger partial charge in [0.1, 0.15) is 5.75 Å². The van der Waals surface area contributed by atoms with Crippen LogP contribution >= 0.6 is 0 Å². The van der Waals surface area contributed by atoms with Gasteiger partial charge in [-0.2, -0.15) is 8.78 Å². The van der Waals surface area contributed by atoms with Gasteiger partial charge in [0.25, 0.3) is 5.91 Å². The highest BCUT2D eigenvalue weighted by atomic mass is 19.3. The molecule has 0 radical (unpaired) electrons. The van der Waals surface area contributed by atoms with Gasteiger partial charge in [0.05, 0.1) is 11.5 Å². The number of aliphatic carboxylic acids is 1. The Balaban J connectivity index is 2.85. The molecule has 0 aliphatic heterocycles. The van der Waals surface area contributed by atoms with E-state index in [0.29, 0.717) is 0 Å². The van der Waals surface area contributed by atoms with Crippen molar-refractivity contribution >= 4 is 11.9 Å². The fourth-order valence-corrected chi connectivity index (χ4v) is 1.48. The van der Waals surface area contributed by atoms with Crippen molar-refractivity contribution in [2.45, 2.75) is 26.5 Å². The van der Waals surface area contributed by atoms with Crippen molar-refractivity contribution in [1.82, 2.24) is 5.32 Å². The number of carbonyl (C=O) groups excluding carboxylic acids is 1. The van der Waals surface area contributed by atoms with Crippen molar-refractivity contribution in [3.63, 3.8) is 0 Å². The van der Waals surface area contributed by atoms with Gasteiger partial charge >= 0.3 is 12.6 Å². The highest BCUT2D eigenvalue weighted by Crippen LogP contribution is 2.20. The number of amides is 1. The number of rotatable bonds is 6. The number of hydrogen-bond donors (Lipinski definition) is 2. The first-order chi connectivity index (χ1) is 9.32. The van der Waals surface area contributed by atoms with Gasteiger partial charge in [-0.15, -0.1) is 0 Å². The van der Waals surface area contributed by atoms with Gasteiger partial charge in [-0.05, 0) is 26.0 Å². The molecule has 110 valence electrons. The van der Waals surface area contributed by atoms with Crippen LogP contribution in [0.4, 0.5) is 8.78 Å². The zero-order chi connectivity index (χ0) is 15.3. The highest BCUT2D eigenvalue weighted by molar-refractivity contribution is 5.97. The molecular formula is C13H15F2NO4. The zero-order valence-electron chi connectivity index (χ0n) is 11.0. The smallest absolute Gasteiger partial charge is 0.387 e. The lowest BCUT2D eigenvalue weighted by molar-refractivity contribution is -0.141. The van der Waals surface area contributed by atoms with Crippen LogP contribution in [0.3, 0.4) is 0 Å². The summed E-state index contributed by atoms with van der Waals surface area (Å²) in [5.41, 5.74) is -0.0720. The second-order valence-corrected chi connectivity index (χ2v) is 4.26. The number of hydrogen-bond acceptors (Lipinski definition) is 3. The van der Waals surface area contributed by atoms with Crippen LogP contribution in [0.5, 0.6) is 5.75 Å². The number of carboxylic acid groups (broad SMARTS) is 1. The Morgan fingerprint density at radius 1 is 1.25 bits per heavy atom. The average Bonchev–Trinajstić information content (AvgIpc) is 2.37. The van der Waals surface area contributed by atoms with E-state index in [0.717, 1.165) is 0 Å². The first-order valence-corrected chi connectivity index (χ1v) is 5.90. The van der Waals surface area contributed by atoms with Crippen LogP contribution in [0.25, 0.3) is 0 Å². The number of benzene rings is 1. The molecule has 7 heteroatoms. The molecule has 0 saturated carbocycles. The summed E-state index contributed by atoms with van der Waals surface area (Å²) in [5.74, 6) is -2.78. The third kappa shape index (κ3) is 4.18. The van der Waals surface area contributed by atoms with Crippen molar-refractivity contribution in [2.75, 3.05) is 0 Å². The SMILES string of the molecule is CC(NC(=O)c1ccccc1OC(F)F)C(C)C(=O)O.